The number of nitrogens with zero attached hydrogens (tertiary/aromatic N) is 3. The molecule has 0 saturated carbocycles. The minimum absolute atomic E-state index is 0.457. The van der Waals surface area contributed by atoms with Crippen LogP contribution in [0.4, 0.5) is 17.5 Å². The molecular formula is C19H21N5O. The predicted octanol–water partition coefficient (Wildman–Crippen LogP) is 3.85. The summed E-state index contributed by atoms with van der Waals surface area (Å²) in [4.78, 5) is 4.47. The van der Waals surface area contributed by atoms with Crippen molar-refractivity contribution >= 4 is 17.5 Å². The van der Waals surface area contributed by atoms with E-state index in [1.54, 1.807) is 13.3 Å². The van der Waals surface area contributed by atoms with Crippen molar-refractivity contribution in [3.8, 4) is 5.75 Å². The highest BCUT2D eigenvalue weighted by Gasteiger charge is 2.06. The molecule has 0 amide bonds. The quantitative estimate of drug-likeness (QED) is 0.713. The molecule has 2 aromatic carbocycles. The summed E-state index contributed by atoms with van der Waals surface area (Å²) in [7, 11) is 1.66. The molecule has 0 unspecified atom stereocenters. The number of ether oxygens (including phenoxy) is 1. The number of aryl methyl sites for hydroxylation is 1. The summed E-state index contributed by atoms with van der Waals surface area (Å²) >= 11 is 0. The highest BCUT2D eigenvalue weighted by atomic mass is 16.5. The van der Waals surface area contributed by atoms with Crippen molar-refractivity contribution in [1.82, 2.24) is 15.2 Å². The number of hydrogen-bond acceptors (Lipinski definition) is 6. The van der Waals surface area contributed by atoms with E-state index in [2.05, 4.69) is 45.7 Å². The first-order chi connectivity index (χ1) is 12.2. The Labute approximate surface area is 147 Å². The van der Waals surface area contributed by atoms with Crippen LogP contribution < -0.4 is 15.4 Å². The van der Waals surface area contributed by atoms with E-state index in [1.807, 2.05) is 36.4 Å². The maximum absolute atomic E-state index is 5.36. The largest absolute Gasteiger partial charge is 0.496 e. The Bertz CT molecular complexity index is 866. The van der Waals surface area contributed by atoms with Crippen LogP contribution in [0.2, 0.25) is 0 Å². The zero-order valence-corrected chi connectivity index (χ0v) is 14.6. The molecule has 3 rings (SSSR count). The number of hydrogen-bond donors (Lipinski definition) is 2. The Morgan fingerprint density at radius 2 is 1.88 bits per heavy atom. The third-order valence-corrected chi connectivity index (χ3v) is 4.06. The lowest BCUT2D eigenvalue weighted by molar-refractivity contribution is 0.410. The molecule has 0 aliphatic heterocycles. The molecule has 0 atom stereocenters. The summed E-state index contributed by atoms with van der Waals surface area (Å²) in [6.07, 6.45) is 1.60. The second-order valence-electron chi connectivity index (χ2n) is 5.70. The zero-order valence-electron chi connectivity index (χ0n) is 14.6. The SMILES string of the molecule is COc1ccccc1CNc1cnnc(Nc2cccc(C)c2C)n1. The van der Waals surface area contributed by atoms with E-state index in [-0.39, 0.29) is 0 Å². The number of aromatic nitrogens is 3. The first-order valence-electron chi connectivity index (χ1n) is 8.06. The summed E-state index contributed by atoms with van der Waals surface area (Å²) in [5.74, 6) is 1.94. The van der Waals surface area contributed by atoms with Crippen molar-refractivity contribution in [2.24, 2.45) is 0 Å². The number of rotatable bonds is 6. The van der Waals surface area contributed by atoms with E-state index in [4.69, 9.17) is 4.74 Å². The molecule has 0 fully saturated rings. The van der Waals surface area contributed by atoms with Crippen LogP contribution in [0, 0.1) is 13.8 Å². The fourth-order valence-corrected chi connectivity index (χ4v) is 2.48. The Morgan fingerprint density at radius 3 is 2.72 bits per heavy atom. The van der Waals surface area contributed by atoms with Gasteiger partial charge in [-0.05, 0) is 37.1 Å². The Morgan fingerprint density at radius 1 is 1.04 bits per heavy atom. The molecule has 1 heterocycles. The van der Waals surface area contributed by atoms with Crippen LogP contribution in [0.25, 0.3) is 0 Å². The fraction of sp³-hybridized carbons (Fsp3) is 0.211. The predicted molar refractivity (Wildman–Crippen MR) is 99.3 cm³/mol. The Kier molecular flexibility index (Phi) is 5.09. The van der Waals surface area contributed by atoms with E-state index in [0.29, 0.717) is 18.3 Å². The normalized spacial score (nSPS) is 10.4. The van der Waals surface area contributed by atoms with Crippen molar-refractivity contribution in [2.75, 3.05) is 17.7 Å². The van der Waals surface area contributed by atoms with Gasteiger partial charge in [-0.15, -0.1) is 5.10 Å². The van der Waals surface area contributed by atoms with Crippen LogP contribution in [0.15, 0.2) is 48.7 Å². The highest BCUT2D eigenvalue weighted by Crippen LogP contribution is 2.22. The van der Waals surface area contributed by atoms with E-state index in [9.17, 15) is 0 Å². The number of anilines is 3. The Hall–Kier alpha value is -3.15. The molecule has 0 bridgehead atoms. The van der Waals surface area contributed by atoms with Crippen LogP contribution in [0.1, 0.15) is 16.7 Å². The lowest BCUT2D eigenvalue weighted by atomic mass is 10.1. The summed E-state index contributed by atoms with van der Waals surface area (Å²) in [6, 6.07) is 13.9. The third-order valence-electron chi connectivity index (χ3n) is 4.06. The van der Waals surface area contributed by atoms with Gasteiger partial charge in [-0.25, -0.2) is 0 Å². The van der Waals surface area contributed by atoms with E-state index in [1.165, 1.54) is 11.1 Å². The lowest BCUT2D eigenvalue weighted by Crippen LogP contribution is -2.07. The molecule has 6 nitrogen and oxygen atoms in total. The maximum atomic E-state index is 5.36. The van der Waals surface area contributed by atoms with E-state index >= 15 is 0 Å². The molecule has 1 aromatic heterocycles. The van der Waals surface area contributed by atoms with Crippen molar-refractivity contribution in [1.29, 1.82) is 0 Å². The van der Waals surface area contributed by atoms with Gasteiger partial charge in [0.2, 0.25) is 5.95 Å². The summed E-state index contributed by atoms with van der Waals surface area (Å²) in [5, 5.41) is 14.6. The molecule has 128 valence electrons. The van der Waals surface area contributed by atoms with Gasteiger partial charge in [0, 0.05) is 17.8 Å². The monoisotopic (exact) mass is 335 g/mol. The highest BCUT2D eigenvalue weighted by molar-refractivity contribution is 5.60. The number of para-hydroxylation sites is 1. The topological polar surface area (TPSA) is 72.0 Å². The van der Waals surface area contributed by atoms with Crippen LogP contribution in [-0.2, 0) is 6.54 Å². The van der Waals surface area contributed by atoms with Gasteiger partial charge in [0.1, 0.15) is 5.75 Å². The molecule has 3 aromatic rings. The molecule has 0 spiro atoms. The summed E-state index contributed by atoms with van der Waals surface area (Å²) in [5.41, 5.74) is 4.40. The molecule has 0 aliphatic carbocycles. The molecule has 6 heteroatoms. The molecule has 2 N–H and O–H groups in total. The van der Waals surface area contributed by atoms with Gasteiger partial charge in [-0.3, -0.25) is 0 Å². The first kappa shape index (κ1) is 16.7. The van der Waals surface area contributed by atoms with Crippen molar-refractivity contribution in [3.63, 3.8) is 0 Å². The maximum Gasteiger partial charge on any atom is 0.249 e. The second kappa shape index (κ2) is 7.61. The number of nitrogens with one attached hydrogen (secondary N) is 2. The average molecular weight is 335 g/mol. The zero-order chi connectivity index (χ0) is 17.6. The minimum atomic E-state index is 0.457. The van der Waals surface area contributed by atoms with Gasteiger partial charge in [-0.1, -0.05) is 30.3 Å². The van der Waals surface area contributed by atoms with Gasteiger partial charge < -0.3 is 15.4 Å². The number of methoxy groups -OCH3 is 1. The Balaban J connectivity index is 1.72. The van der Waals surface area contributed by atoms with Crippen molar-refractivity contribution in [2.45, 2.75) is 20.4 Å². The minimum Gasteiger partial charge on any atom is -0.496 e. The van der Waals surface area contributed by atoms with E-state index < -0.39 is 0 Å². The standard InChI is InChI=1S/C19H21N5O/c1-13-7-6-9-16(14(13)2)22-19-23-18(12-21-24-19)20-11-15-8-4-5-10-17(15)25-3/h4-10,12H,11H2,1-3H3,(H2,20,22,23,24). The van der Waals surface area contributed by atoms with Crippen molar-refractivity contribution in [3.05, 3.63) is 65.4 Å². The summed E-state index contributed by atoms with van der Waals surface area (Å²) in [6.45, 7) is 4.73. The smallest absolute Gasteiger partial charge is 0.249 e. The fourth-order valence-electron chi connectivity index (χ4n) is 2.48. The molecule has 25 heavy (non-hydrogen) atoms. The summed E-state index contributed by atoms with van der Waals surface area (Å²) < 4.78 is 5.36. The molecular weight excluding hydrogens is 314 g/mol. The average Bonchev–Trinajstić information content (AvgIpc) is 2.64. The lowest BCUT2D eigenvalue weighted by Gasteiger charge is -2.12. The van der Waals surface area contributed by atoms with Crippen molar-refractivity contribution < 1.29 is 4.74 Å². The molecule has 0 radical (unpaired) electrons. The molecule has 0 saturated heterocycles. The van der Waals surface area contributed by atoms with Gasteiger partial charge >= 0.3 is 0 Å². The van der Waals surface area contributed by atoms with Gasteiger partial charge in [-0.2, -0.15) is 10.1 Å². The van der Waals surface area contributed by atoms with Crippen LogP contribution in [0.3, 0.4) is 0 Å². The molecule has 0 aliphatic rings. The first-order valence-corrected chi connectivity index (χ1v) is 8.06. The van der Waals surface area contributed by atoms with Crippen LogP contribution in [0.5, 0.6) is 5.75 Å². The van der Waals surface area contributed by atoms with Gasteiger partial charge in [0.25, 0.3) is 0 Å². The number of benzene rings is 2. The van der Waals surface area contributed by atoms with Crippen LogP contribution >= 0.6 is 0 Å². The third kappa shape index (κ3) is 4.03. The van der Waals surface area contributed by atoms with Crippen LogP contribution in [-0.4, -0.2) is 22.3 Å². The van der Waals surface area contributed by atoms with E-state index in [0.717, 1.165) is 17.0 Å². The van der Waals surface area contributed by atoms with Gasteiger partial charge in [0.15, 0.2) is 5.82 Å². The second-order valence-corrected chi connectivity index (χ2v) is 5.70. The van der Waals surface area contributed by atoms with Gasteiger partial charge in [0.05, 0.1) is 13.3 Å².